The molecular formula is C11H15F2NO. The van der Waals surface area contributed by atoms with Gasteiger partial charge in [0, 0.05) is 19.0 Å². The second-order valence-electron chi connectivity index (χ2n) is 3.59. The number of likely N-dealkylation sites (N-methyl/N-ethyl adjacent to an activating group) is 1. The molecule has 0 aliphatic carbocycles. The Bertz CT molecular complexity index is 323. The number of aliphatic hydroxyl groups excluding tert-OH is 1. The first kappa shape index (κ1) is 12.1. The molecule has 0 radical (unpaired) electrons. The molecular weight excluding hydrogens is 200 g/mol. The normalized spacial score (nSPS) is 13.9. The molecule has 1 unspecified atom stereocenters. The van der Waals surface area contributed by atoms with Gasteiger partial charge in [0.25, 0.3) is 5.92 Å². The number of hydrogen-bond donors (Lipinski definition) is 2. The van der Waals surface area contributed by atoms with Crippen molar-refractivity contribution in [1.82, 2.24) is 5.32 Å². The van der Waals surface area contributed by atoms with Crippen LogP contribution in [0.1, 0.15) is 24.2 Å². The Hall–Kier alpha value is -1.00. The van der Waals surface area contributed by atoms with Crippen LogP contribution in [0, 0.1) is 0 Å². The molecule has 0 heterocycles. The molecule has 2 nitrogen and oxygen atoms in total. The first-order valence-corrected chi connectivity index (χ1v) is 4.76. The molecule has 1 rings (SSSR count). The molecule has 4 heteroatoms. The summed E-state index contributed by atoms with van der Waals surface area (Å²) < 4.78 is 26.0. The van der Waals surface area contributed by atoms with Gasteiger partial charge in [0.2, 0.25) is 0 Å². The highest BCUT2D eigenvalue weighted by molar-refractivity contribution is 5.28. The van der Waals surface area contributed by atoms with Crippen LogP contribution in [0.25, 0.3) is 0 Å². The van der Waals surface area contributed by atoms with Crippen LogP contribution < -0.4 is 5.32 Å². The molecule has 15 heavy (non-hydrogen) atoms. The van der Waals surface area contributed by atoms with Gasteiger partial charge < -0.3 is 10.4 Å². The van der Waals surface area contributed by atoms with E-state index in [0.717, 1.165) is 6.92 Å². The molecule has 0 aromatic heterocycles. The van der Waals surface area contributed by atoms with Gasteiger partial charge in [-0.05, 0) is 18.7 Å². The van der Waals surface area contributed by atoms with Gasteiger partial charge in [0.1, 0.15) is 0 Å². The summed E-state index contributed by atoms with van der Waals surface area (Å²) in [5.41, 5.74) is 0.429. The number of rotatable bonds is 4. The van der Waals surface area contributed by atoms with Crippen molar-refractivity contribution in [2.24, 2.45) is 0 Å². The first-order chi connectivity index (χ1) is 6.95. The quantitative estimate of drug-likeness (QED) is 0.805. The van der Waals surface area contributed by atoms with Gasteiger partial charge >= 0.3 is 0 Å². The zero-order chi connectivity index (χ0) is 11.5. The van der Waals surface area contributed by atoms with Crippen molar-refractivity contribution in [2.75, 3.05) is 13.6 Å². The molecule has 0 aliphatic rings. The Morgan fingerprint density at radius 3 is 2.67 bits per heavy atom. The van der Waals surface area contributed by atoms with E-state index in [2.05, 4.69) is 5.32 Å². The largest absolute Gasteiger partial charge is 0.387 e. The van der Waals surface area contributed by atoms with Crippen LogP contribution in [0.3, 0.4) is 0 Å². The van der Waals surface area contributed by atoms with Crippen molar-refractivity contribution in [1.29, 1.82) is 0 Å². The van der Waals surface area contributed by atoms with Gasteiger partial charge in [-0.25, -0.2) is 8.78 Å². The number of aliphatic hydroxyl groups is 1. The highest BCUT2D eigenvalue weighted by Crippen LogP contribution is 2.28. The van der Waals surface area contributed by atoms with Crippen LogP contribution in [0.4, 0.5) is 8.78 Å². The van der Waals surface area contributed by atoms with E-state index >= 15 is 0 Å². The summed E-state index contributed by atoms with van der Waals surface area (Å²) in [4.78, 5) is 0. The predicted octanol–water partition coefficient (Wildman–Crippen LogP) is 2.05. The summed E-state index contributed by atoms with van der Waals surface area (Å²) in [5, 5.41) is 12.4. The van der Waals surface area contributed by atoms with E-state index in [1.54, 1.807) is 13.1 Å². The average Bonchev–Trinajstić information content (AvgIpc) is 2.17. The summed E-state index contributed by atoms with van der Waals surface area (Å²) in [6.07, 6.45) is -0.753. The van der Waals surface area contributed by atoms with Crippen molar-refractivity contribution in [3.63, 3.8) is 0 Å². The first-order valence-electron chi connectivity index (χ1n) is 4.76. The third kappa shape index (κ3) is 3.25. The fourth-order valence-electron chi connectivity index (χ4n) is 1.33. The molecule has 1 aromatic carbocycles. The molecule has 0 bridgehead atoms. The summed E-state index contributed by atoms with van der Waals surface area (Å²) >= 11 is 0. The Morgan fingerprint density at radius 2 is 2.13 bits per heavy atom. The van der Waals surface area contributed by atoms with Gasteiger partial charge in [0.05, 0.1) is 6.10 Å². The van der Waals surface area contributed by atoms with Crippen LogP contribution >= 0.6 is 0 Å². The number of alkyl halides is 2. The molecule has 0 saturated heterocycles. The van der Waals surface area contributed by atoms with Crippen molar-refractivity contribution in [2.45, 2.75) is 19.0 Å². The van der Waals surface area contributed by atoms with Crippen molar-refractivity contribution in [3.8, 4) is 0 Å². The lowest BCUT2D eigenvalue weighted by atomic mass is 10.0. The minimum Gasteiger partial charge on any atom is -0.387 e. The molecule has 1 aromatic rings. The van der Waals surface area contributed by atoms with E-state index in [1.807, 2.05) is 0 Å². The molecule has 2 N–H and O–H groups in total. The Kier molecular flexibility index (Phi) is 3.77. The average molecular weight is 215 g/mol. The molecule has 84 valence electrons. The maximum atomic E-state index is 13.0. The minimum atomic E-state index is -2.87. The number of nitrogens with one attached hydrogen (secondary N) is 1. The van der Waals surface area contributed by atoms with Gasteiger partial charge in [-0.3, -0.25) is 0 Å². The second kappa shape index (κ2) is 4.68. The lowest BCUT2D eigenvalue weighted by Gasteiger charge is -2.15. The number of hydrogen-bond acceptors (Lipinski definition) is 2. The van der Waals surface area contributed by atoms with E-state index in [9.17, 15) is 13.9 Å². The summed E-state index contributed by atoms with van der Waals surface area (Å²) in [6.45, 7) is 1.19. The van der Waals surface area contributed by atoms with E-state index < -0.39 is 12.0 Å². The predicted molar refractivity (Wildman–Crippen MR) is 54.9 cm³/mol. The van der Waals surface area contributed by atoms with Crippen LogP contribution in [0.15, 0.2) is 24.3 Å². The monoisotopic (exact) mass is 215 g/mol. The fourth-order valence-corrected chi connectivity index (χ4v) is 1.33. The highest BCUT2D eigenvalue weighted by atomic mass is 19.3. The maximum absolute atomic E-state index is 13.0. The van der Waals surface area contributed by atoms with E-state index in [-0.39, 0.29) is 5.56 Å². The lowest BCUT2D eigenvalue weighted by Crippen LogP contribution is -2.17. The van der Waals surface area contributed by atoms with Crippen molar-refractivity contribution < 1.29 is 13.9 Å². The summed E-state index contributed by atoms with van der Waals surface area (Å²) in [6, 6.07) is 5.86. The van der Waals surface area contributed by atoms with Crippen LogP contribution in [0.2, 0.25) is 0 Å². The van der Waals surface area contributed by atoms with Gasteiger partial charge in [0.15, 0.2) is 0 Å². The zero-order valence-corrected chi connectivity index (χ0v) is 8.80. The van der Waals surface area contributed by atoms with E-state index in [0.29, 0.717) is 12.1 Å². The van der Waals surface area contributed by atoms with Crippen LogP contribution in [-0.2, 0) is 5.92 Å². The second-order valence-corrected chi connectivity index (χ2v) is 3.59. The van der Waals surface area contributed by atoms with Gasteiger partial charge in [-0.15, -0.1) is 0 Å². The molecule has 1 atom stereocenters. The third-order valence-electron chi connectivity index (χ3n) is 2.18. The summed E-state index contributed by atoms with van der Waals surface area (Å²) in [7, 11) is 1.70. The van der Waals surface area contributed by atoms with Crippen LogP contribution in [-0.4, -0.2) is 18.7 Å². The van der Waals surface area contributed by atoms with Crippen LogP contribution in [0.5, 0.6) is 0 Å². The molecule has 0 spiro atoms. The summed E-state index contributed by atoms with van der Waals surface area (Å²) in [5.74, 6) is -2.87. The molecule has 0 aliphatic heterocycles. The molecule has 0 saturated carbocycles. The van der Waals surface area contributed by atoms with E-state index in [4.69, 9.17) is 0 Å². The highest BCUT2D eigenvalue weighted by Gasteiger charge is 2.24. The Labute approximate surface area is 87.9 Å². The lowest BCUT2D eigenvalue weighted by molar-refractivity contribution is 0.0172. The van der Waals surface area contributed by atoms with Crippen molar-refractivity contribution in [3.05, 3.63) is 35.4 Å². The molecule has 0 amide bonds. The SMILES string of the molecule is CNCC(O)c1cccc(C(C)(F)F)c1. The topological polar surface area (TPSA) is 32.3 Å². The van der Waals surface area contributed by atoms with Crippen molar-refractivity contribution >= 4 is 0 Å². The Balaban J connectivity index is 2.92. The standard InChI is InChI=1S/C11H15F2NO/c1-11(12,13)9-5-3-4-8(6-9)10(15)7-14-2/h3-6,10,14-15H,7H2,1-2H3. The van der Waals surface area contributed by atoms with Gasteiger partial charge in [-0.2, -0.15) is 0 Å². The maximum Gasteiger partial charge on any atom is 0.270 e. The van der Waals surface area contributed by atoms with E-state index in [1.165, 1.54) is 18.2 Å². The fraction of sp³-hybridized carbons (Fsp3) is 0.455. The van der Waals surface area contributed by atoms with Gasteiger partial charge in [-0.1, -0.05) is 18.2 Å². The zero-order valence-electron chi connectivity index (χ0n) is 8.80. The smallest absolute Gasteiger partial charge is 0.270 e. The number of benzene rings is 1. The minimum absolute atomic E-state index is 0.0739. The third-order valence-corrected chi connectivity index (χ3v) is 2.18. The molecule has 0 fully saturated rings. The Morgan fingerprint density at radius 1 is 1.47 bits per heavy atom. The number of halogens is 2.